The number of allylic oxidation sites excluding steroid dienone is 1. The maximum Gasteiger partial charge on any atom is 0.419 e. The lowest BCUT2D eigenvalue weighted by atomic mass is 9.78. The number of ether oxygens (including phenoxy) is 2. The minimum atomic E-state index is -0.671. The molecule has 1 unspecified atom stereocenters. The number of likely N-dealkylation sites (N-methyl/N-ethyl adjacent to an activating group) is 1. The third-order valence-electron chi connectivity index (χ3n) is 7.97. The zero-order chi connectivity index (χ0) is 31.0. The van der Waals surface area contributed by atoms with Gasteiger partial charge >= 0.3 is 12.2 Å². The number of para-hydroxylation sites is 2. The Balaban J connectivity index is 1.82. The zero-order valence-corrected chi connectivity index (χ0v) is 26.7. The summed E-state index contributed by atoms with van der Waals surface area (Å²) >= 11 is 0. The predicted octanol–water partition coefficient (Wildman–Crippen LogP) is 8.75. The number of aromatic nitrogens is 2. The quantitative estimate of drug-likeness (QED) is 0.200. The molecule has 0 bridgehead atoms. The Labute approximate surface area is 252 Å². The van der Waals surface area contributed by atoms with E-state index in [-0.39, 0.29) is 5.92 Å². The van der Waals surface area contributed by atoms with Crippen molar-refractivity contribution in [3.8, 4) is 0 Å². The van der Waals surface area contributed by atoms with Gasteiger partial charge in [-0.25, -0.2) is 18.7 Å². The normalized spacial score (nSPS) is 15.9. The highest BCUT2D eigenvalue weighted by Gasteiger charge is 2.35. The minimum Gasteiger partial charge on any atom is -0.443 e. The monoisotopic (exact) mass is 579 g/mol. The second-order valence-corrected chi connectivity index (χ2v) is 14.0. The van der Waals surface area contributed by atoms with Crippen LogP contribution < -0.4 is 0 Å². The summed E-state index contributed by atoms with van der Waals surface area (Å²) in [7, 11) is 4.15. The van der Waals surface area contributed by atoms with E-state index >= 15 is 0 Å². The molecule has 1 aliphatic rings. The van der Waals surface area contributed by atoms with Crippen LogP contribution in [0.5, 0.6) is 0 Å². The van der Waals surface area contributed by atoms with Crippen molar-refractivity contribution >= 4 is 55.8 Å². The summed E-state index contributed by atoms with van der Waals surface area (Å²) in [5, 5.41) is 3.83. The van der Waals surface area contributed by atoms with Gasteiger partial charge in [0.1, 0.15) is 11.2 Å². The molecule has 5 aromatic rings. The van der Waals surface area contributed by atoms with Crippen LogP contribution in [0, 0.1) is 6.92 Å². The lowest BCUT2D eigenvalue weighted by Crippen LogP contribution is -2.28. The van der Waals surface area contributed by atoms with Crippen LogP contribution in [0.3, 0.4) is 0 Å². The van der Waals surface area contributed by atoms with E-state index in [1.807, 2.05) is 84.9 Å². The number of hydrogen-bond acceptors (Lipinski definition) is 5. The van der Waals surface area contributed by atoms with E-state index in [0.717, 1.165) is 67.7 Å². The average Bonchev–Trinajstić information content (AvgIpc) is 3.39. The van der Waals surface area contributed by atoms with Gasteiger partial charge in [-0.2, -0.15) is 0 Å². The van der Waals surface area contributed by atoms with Crippen molar-refractivity contribution in [1.82, 2.24) is 14.0 Å². The van der Waals surface area contributed by atoms with Crippen LogP contribution in [0.25, 0.3) is 43.6 Å². The van der Waals surface area contributed by atoms with Gasteiger partial charge in [0.15, 0.2) is 0 Å². The first-order valence-corrected chi connectivity index (χ1v) is 15.0. The van der Waals surface area contributed by atoms with Gasteiger partial charge in [0, 0.05) is 34.0 Å². The molecule has 224 valence electrons. The van der Waals surface area contributed by atoms with Crippen molar-refractivity contribution in [3.63, 3.8) is 0 Å². The van der Waals surface area contributed by atoms with Gasteiger partial charge in [0.25, 0.3) is 0 Å². The fourth-order valence-corrected chi connectivity index (χ4v) is 6.58. The molecule has 0 fully saturated rings. The largest absolute Gasteiger partial charge is 0.443 e. The molecule has 7 heteroatoms. The molecule has 2 heterocycles. The summed E-state index contributed by atoms with van der Waals surface area (Å²) in [6, 6.07) is 16.0. The Hall–Kier alpha value is -4.10. The number of nitrogens with zero attached hydrogens (tertiary/aromatic N) is 3. The number of rotatable bonds is 3. The van der Waals surface area contributed by atoms with Crippen molar-refractivity contribution in [2.45, 2.75) is 72.0 Å². The molecule has 0 spiro atoms. The van der Waals surface area contributed by atoms with Gasteiger partial charge in [0.05, 0.1) is 22.1 Å². The highest BCUT2D eigenvalue weighted by molar-refractivity contribution is 6.25. The molecule has 43 heavy (non-hydrogen) atoms. The fraction of sp³-hybridized carbons (Fsp3) is 0.389. The van der Waals surface area contributed by atoms with E-state index in [1.54, 1.807) is 9.13 Å². The Kier molecular flexibility index (Phi) is 6.73. The Morgan fingerprint density at radius 3 is 1.74 bits per heavy atom. The number of benzene rings is 3. The van der Waals surface area contributed by atoms with Crippen molar-refractivity contribution < 1.29 is 19.1 Å². The van der Waals surface area contributed by atoms with Crippen LogP contribution in [0.2, 0.25) is 0 Å². The number of fused-ring (bicyclic) bond motifs is 6. The van der Waals surface area contributed by atoms with E-state index in [1.165, 1.54) is 5.57 Å². The standard InChI is InChI=1S/C36H41N3O4/c1-21-28-24-14-10-12-16-26(24)39(34(41)43-36(5,6)7)32(28)29(23-18-22(19-23)20-37(8)9)30-25-15-11-13-17-27(25)38(31(21)30)33(40)42-35(2,3)4/h10-18,23H,19-20H2,1-9H3. The highest BCUT2D eigenvalue weighted by atomic mass is 16.6. The van der Waals surface area contributed by atoms with Crippen molar-refractivity contribution in [2.24, 2.45) is 0 Å². The number of carbonyl (C=O) groups is 2. The van der Waals surface area contributed by atoms with E-state index < -0.39 is 23.4 Å². The third kappa shape index (κ3) is 4.89. The lowest BCUT2D eigenvalue weighted by Gasteiger charge is -2.30. The van der Waals surface area contributed by atoms with E-state index in [4.69, 9.17) is 9.47 Å². The topological polar surface area (TPSA) is 65.7 Å². The molecular formula is C36H41N3O4. The highest BCUT2D eigenvalue weighted by Crippen LogP contribution is 2.49. The van der Waals surface area contributed by atoms with Gasteiger partial charge in [-0.1, -0.05) is 48.0 Å². The average molecular weight is 580 g/mol. The van der Waals surface area contributed by atoms with E-state index in [9.17, 15) is 9.59 Å². The minimum absolute atomic E-state index is 0.0592. The molecule has 0 N–H and O–H groups in total. The van der Waals surface area contributed by atoms with Gasteiger partial charge in [0.2, 0.25) is 0 Å². The van der Waals surface area contributed by atoms with Crippen LogP contribution in [-0.2, 0) is 9.47 Å². The van der Waals surface area contributed by atoms with Gasteiger partial charge in [-0.05, 0) is 92.2 Å². The second kappa shape index (κ2) is 9.98. The van der Waals surface area contributed by atoms with E-state index in [2.05, 4.69) is 37.2 Å². The summed E-state index contributed by atoms with van der Waals surface area (Å²) in [5.74, 6) is 0.0592. The third-order valence-corrected chi connectivity index (χ3v) is 7.97. The van der Waals surface area contributed by atoms with Gasteiger partial charge < -0.3 is 14.4 Å². The van der Waals surface area contributed by atoms with Crippen LogP contribution in [-0.4, -0.2) is 58.1 Å². The molecule has 1 aliphatic carbocycles. The molecule has 1 atom stereocenters. The zero-order valence-electron chi connectivity index (χ0n) is 26.7. The first-order valence-electron chi connectivity index (χ1n) is 15.0. The number of carbonyl (C=O) groups excluding carboxylic acids is 2. The summed E-state index contributed by atoms with van der Waals surface area (Å²) in [6.07, 6.45) is 2.36. The first kappa shape index (κ1) is 29.0. The molecule has 3 aromatic carbocycles. The maximum atomic E-state index is 14.1. The number of aryl methyl sites for hydroxylation is 1. The predicted molar refractivity (Wildman–Crippen MR) is 174 cm³/mol. The molecule has 0 saturated heterocycles. The van der Waals surface area contributed by atoms with E-state index in [0.29, 0.717) is 0 Å². The summed E-state index contributed by atoms with van der Waals surface area (Å²) in [5.41, 5.74) is 5.22. The Bertz CT molecular complexity index is 1970. The second-order valence-electron chi connectivity index (χ2n) is 14.0. The molecule has 0 amide bonds. The molecule has 6 rings (SSSR count). The smallest absolute Gasteiger partial charge is 0.419 e. The molecule has 0 saturated carbocycles. The Morgan fingerprint density at radius 2 is 1.26 bits per heavy atom. The van der Waals surface area contributed by atoms with Crippen LogP contribution in [0.1, 0.15) is 65.0 Å². The molecule has 2 aromatic heterocycles. The SMILES string of the molecule is Cc1c2c3ccccc3n(C(=O)OC(C)(C)C)c2c(C2C=C(CN(C)C)C2)c2c3ccccc3n(C(=O)OC(C)(C)C)c12. The van der Waals surface area contributed by atoms with Crippen LogP contribution in [0.15, 0.2) is 60.2 Å². The van der Waals surface area contributed by atoms with Crippen LogP contribution >= 0.6 is 0 Å². The molecule has 7 nitrogen and oxygen atoms in total. The first-order chi connectivity index (χ1) is 20.2. The molecule has 0 radical (unpaired) electrons. The number of hydrogen-bond donors (Lipinski definition) is 0. The summed E-state index contributed by atoms with van der Waals surface area (Å²) in [6.45, 7) is 14.2. The van der Waals surface area contributed by atoms with Crippen molar-refractivity contribution in [3.05, 3.63) is 71.3 Å². The lowest BCUT2D eigenvalue weighted by molar-refractivity contribution is 0.0539. The summed E-state index contributed by atoms with van der Waals surface area (Å²) in [4.78, 5) is 30.2. The molecular weight excluding hydrogens is 538 g/mol. The van der Waals surface area contributed by atoms with Gasteiger partial charge in [-0.3, -0.25) is 0 Å². The van der Waals surface area contributed by atoms with Crippen molar-refractivity contribution in [1.29, 1.82) is 0 Å². The van der Waals surface area contributed by atoms with Crippen LogP contribution in [0.4, 0.5) is 9.59 Å². The summed E-state index contributed by atoms with van der Waals surface area (Å²) < 4.78 is 15.5. The fourth-order valence-electron chi connectivity index (χ4n) is 6.58. The Morgan fingerprint density at radius 1 is 0.791 bits per heavy atom. The van der Waals surface area contributed by atoms with Crippen molar-refractivity contribution in [2.75, 3.05) is 20.6 Å². The van der Waals surface area contributed by atoms with Gasteiger partial charge in [-0.15, -0.1) is 0 Å². The molecule has 0 aliphatic heterocycles. The maximum absolute atomic E-state index is 14.1.